The van der Waals surface area contributed by atoms with Crippen LogP contribution in [0.1, 0.15) is 69.4 Å². The average Bonchev–Trinajstić information content (AvgIpc) is 0.939. The van der Waals surface area contributed by atoms with Gasteiger partial charge in [0.2, 0.25) is 22.8 Å². The van der Waals surface area contributed by atoms with Gasteiger partial charge in [0.15, 0.2) is 24.8 Å². The van der Waals surface area contributed by atoms with Gasteiger partial charge in [-0.05, 0) is 201 Å². The minimum Gasteiger partial charge on any atom is -0.201 e. The lowest BCUT2D eigenvalue weighted by Gasteiger charge is -2.12. The molecule has 0 unspecified atom stereocenters. The quantitative estimate of drug-likeness (QED) is 0.135. The maximum atomic E-state index is 7.67. The van der Waals surface area contributed by atoms with Crippen molar-refractivity contribution in [1.29, 1.82) is 0 Å². The molecule has 0 radical (unpaired) electrons. The monoisotopic (exact) mass is 1140 g/mol. The first kappa shape index (κ1) is 54.0. The Bertz CT molecular complexity index is 4600. The Labute approximate surface area is 528 Å². The maximum absolute atomic E-state index is 7.67. The highest BCUT2D eigenvalue weighted by Crippen LogP contribution is 2.34. The zero-order valence-corrected chi connectivity index (χ0v) is 53.0. The third-order valence-corrected chi connectivity index (χ3v) is 16.5. The number of hydrogen-bond acceptors (Lipinski definition) is 0. The molecule has 12 aromatic rings. The Kier molecular flexibility index (Phi) is 17.4. The van der Waals surface area contributed by atoms with Crippen LogP contribution in [0.3, 0.4) is 0 Å². The Morgan fingerprint density at radius 2 is 0.598 bits per heavy atom. The van der Waals surface area contributed by atoms with Crippen LogP contribution in [0.2, 0.25) is 0 Å². The van der Waals surface area contributed by atoms with Crippen LogP contribution >= 0.6 is 0 Å². The van der Waals surface area contributed by atoms with Crippen LogP contribution in [0, 0.1) is 76.0 Å². The normalized spacial score (nSPS) is 12.0. The van der Waals surface area contributed by atoms with Gasteiger partial charge in [0.25, 0.3) is 0 Å². The molecule has 87 heavy (non-hydrogen) atoms. The highest BCUT2D eigenvalue weighted by molar-refractivity contribution is 5.77. The van der Waals surface area contributed by atoms with E-state index in [0.717, 1.165) is 39.2 Å². The number of pyridine rings is 4. The van der Waals surface area contributed by atoms with E-state index in [-0.39, 0.29) is 0 Å². The zero-order valence-electron chi connectivity index (χ0n) is 59.0. The predicted octanol–water partition coefficient (Wildman–Crippen LogP) is 18.8. The summed E-state index contributed by atoms with van der Waals surface area (Å²) in [6, 6.07) is 77.9. The minimum absolute atomic E-state index is 0.354. The van der Waals surface area contributed by atoms with Crippen LogP contribution in [-0.4, -0.2) is 0 Å². The lowest BCUT2D eigenvalue weighted by Crippen LogP contribution is -2.31. The summed E-state index contributed by atoms with van der Waals surface area (Å²) in [6.07, 6.45) is 7.72. The largest absolute Gasteiger partial charge is 0.212 e. The molecule has 12 rings (SSSR count). The number of nitrogens with zero attached hydrogens (tertiary/aromatic N) is 4. The molecule has 4 nitrogen and oxygen atoms in total. The Hall–Kier alpha value is -9.64. The van der Waals surface area contributed by atoms with Crippen LogP contribution < -0.4 is 18.3 Å². The summed E-state index contributed by atoms with van der Waals surface area (Å²) in [5.74, 6) is 0. The molecular formula is C83H86N4+4. The lowest BCUT2D eigenvalue weighted by molar-refractivity contribution is -0.660. The van der Waals surface area contributed by atoms with E-state index in [2.05, 4.69) is 261 Å². The number of rotatable bonds is 8. The third-order valence-electron chi connectivity index (χ3n) is 16.5. The van der Waals surface area contributed by atoms with Crippen LogP contribution in [0.25, 0.3) is 89.5 Å². The molecule has 0 spiro atoms. The molecule has 0 aliphatic rings. The van der Waals surface area contributed by atoms with Gasteiger partial charge in [0, 0.05) is 77.5 Å². The Morgan fingerprint density at radius 1 is 0.230 bits per heavy atom. The molecule has 434 valence electrons. The molecule has 0 N–H and O–H groups in total. The van der Waals surface area contributed by atoms with Crippen molar-refractivity contribution in [2.75, 3.05) is 0 Å². The molecule has 0 atom stereocenters. The maximum Gasteiger partial charge on any atom is 0.212 e. The van der Waals surface area contributed by atoms with Gasteiger partial charge in [-0.2, -0.15) is 0 Å². The fourth-order valence-electron chi connectivity index (χ4n) is 11.4. The van der Waals surface area contributed by atoms with Crippen LogP contribution in [-0.2, 0) is 28.2 Å². The van der Waals surface area contributed by atoms with E-state index in [1.165, 1.54) is 100 Å². The van der Waals surface area contributed by atoms with Gasteiger partial charge in [0.05, 0.1) is 0 Å². The standard InChI is InChI=1S/C22H24N.C21H22N.2C20H20N/c1-15-13-22(23(5)14-18(15)4)21-12-16(2)20(11-17(21)3)19-9-7-6-8-10-19;1-15-13-21(22(4)14-17(15)3)20-11-10-19(12-16(20)2)18-8-6-5-7-9-18;1-15-14-19(20-11-7-8-12-21(20)3)16(2)13-18(15)17-9-5-4-6-10-17;1-15-9-12-20(21(3)14-15)19-11-10-18(13-16(19)2)17-7-5-4-6-8-17/h6-14H,1-5H3;5-14H,1-4H3;2*4-14H,1-3H3/q4*+1/i;3D3;;1D3. The van der Waals surface area contributed by atoms with E-state index in [9.17, 15) is 0 Å². The van der Waals surface area contributed by atoms with Gasteiger partial charge in [-0.25, -0.2) is 18.3 Å². The molecule has 0 amide bonds. The third kappa shape index (κ3) is 14.9. The van der Waals surface area contributed by atoms with Gasteiger partial charge in [0.1, 0.15) is 28.2 Å². The molecule has 4 aromatic heterocycles. The summed E-state index contributed by atoms with van der Waals surface area (Å²) in [5, 5.41) is 0. The van der Waals surface area contributed by atoms with E-state index in [1.54, 1.807) is 18.5 Å². The Morgan fingerprint density at radius 3 is 1.05 bits per heavy atom. The first-order valence-electron chi connectivity index (χ1n) is 32.9. The first-order valence-corrected chi connectivity index (χ1v) is 29.9. The van der Waals surface area contributed by atoms with Gasteiger partial charge >= 0.3 is 0 Å². The second-order valence-electron chi connectivity index (χ2n) is 23.1. The van der Waals surface area contributed by atoms with Crippen molar-refractivity contribution in [2.24, 2.45) is 28.2 Å². The SMILES string of the molecule is Cc1cc(-c2cc(C)c(-c3ccccc3)cc2C)[n+](C)cc1C.Cc1cc(-c2cccc[n+]2C)c(C)cc1-c1ccccc1.[2H]C([2H])([2H])c1c[n+](C)c(-c2ccc(-c3ccccc3)cc2C)cc1C.[2H]C([2H])([2H])c1ccc(-c2ccc(-c3ccccc3)cc2C)[n+](C)c1. The smallest absolute Gasteiger partial charge is 0.201 e. The molecule has 0 aliphatic carbocycles. The summed E-state index contributed by atoms with van der Waals surface area (Å²) in [7, 11) is 8.00. The second kappa shape index (κ2) is 28.0. The lowest BCUT2D eigenvalue weighted by atomic mass is 9.93. The molecular weight excluding hydrogens is 1050 g/mol. The van der Waals surface area contributed by atoms with E-state index in [1.807, 2.05) is 78.7 Å². The number of benzene rings is 8. The number of aryl methyl sites for hydroxylation is 15. The molecule has 8 aromatic carbocycles. The fourth-order valence-corrected chi connectivity index (χ4v) is 11.4. The molecule has 0 bridgehead atoms. The fraction of sp³-hybridized carbons (Fsp3) is 0.181. The molecule has 4 heterocycles. The molecule has 0 fully saturated rings. The summed E-state index contributed by atoms with van der Waals surface area (Å²) >= 11 is 0. The van der Waals surface area contributed by atoms with Gasteiger partial charge in [-0.3, -0.25) is 0 Å². The summed E-state index contributed by atoms with van der Waals surface area (Å²) < 4.78 is 53.8. The van der Waals surface area contributed by atoms with Crippen LogP contribution in [0.4, 0.5) is 0 Å². The van der Waals surface area contributed by atoms with E-state index in [4.69, 9.17) is 8.22 Å². The van der Waals surface area contributed by atoms with Crippen molar-refractivity contribution < 1.29 is 26.5 Å². The van der Waals surface area contributed by atoms with Crippen LogP contribution in [0.15, 0.2) is 249 Å². The van der Waals surface area contributed by atoms with Crippen molar-refractivity contribution in [3.8, 4) is 89.5 Å². The van der Waals surface area contributed by atoms with Crippen molar-refractivity contribution >= 4 is 0 Å². The first-order chi connectivity index (χ1) is 44.3. The second-order valence-corrected chi connectivity index (χ2v) is 23.1. The van der Waals surface area contributed by atoms with E-state index in [0.29, 0.717) is 11.1 Å². The predicted molar refractivity (Wildman–Crippen MR) is 366 cm³/mol. The minimum atomic E-state index is -2.09. The van der Waals surface area contributed by atoms with Crippen molar-refractivity contribution in [3.63, 3.8) is 0 Å². The van der Waals surface area contributed by atoms with Crippen molar-refractivity contribution in [3.05, 3.63) is 310 Å². The van der Waals surface area contributed by atoms with E-state index < -0.39 is 13.7 Å². The molecule has 4 heteroatoms. The van der Waals surface area contributed by atoms with Gasteiger partial charge < -0.3 is 0 Å². The van der Waals surface area contributed by atoms with E-state index >= 15 is 0 Å². The topological polar surface area (TPSA) is 15.5 Å². The molecule has 0 saturated heterocycles. The zero-order chi connectivity index (χ0) is 66.9. The summed E-state index contributed by atoms with van der Waals surface area (Å²) in [5.41, 5.74) is 31.1. The highest BCUT2D eigenvalue weighted by Gasteiger charge is 2.19. The van der Waals surface area contributed by atoms with Crippen molar-refractivity contribution in [2.45, 2.75) is 76.0 Å². The molecule has 0 aliphatic heterocycles. The van der Waals surface area contributed by atoms with Crippen molar-refractivity contribution in [1.82, 2.24) is 0 Å². The summed E-state index contributed by atoms with van der Waals surface area (Å²) in [6.45, 7) is 15.0. The Balaban J connectivity index is 0.000000146. The van der Waals surface area contributed by atoms with Gasteiger partial charge in [-0.15, -0.1) is 0 Å². The highest BCUT2D eigenvalue weighted by atomic mass is 14.9. The average molecular weight is 1150 g/mol. The number of aromatic nitrogens is 4. The summed E-state index contributed by atoms with van der Waals surface area (Å²) in [4.78, 5) is 0. The number of hydrogen-bond donors (Lipinski definition) is 0. The van der Waals surface area contributed by atoms with Gasteiger partial charge in [-0.1, -0.05) is 158 Å². The van der Waals surface area contributed by atoms with Crippen LogP contribution in [0.5, 0.6) is 0 Å². The molecule has 0 saturated carbocycles.